The number of carbonyl (C=O) groups is 2. The molecule has 4 rings (SSSR count). The monoisotopic (exact) mass is 371 g/mol. The Labute approximate surface area is 154 Å². The third kappa shape index (κ3) is 2.92. The van der Waals surface area contributed by atoms with E-state index in [0.29, 0.717) is 13.0 Å². The van der Waals surface area contributed by atoms with Crippen molar-refractivity contribution in [3.05, 3.63) is 48.8 Å². The zero-order chi connectivity index (χ0) is 18.3. The number of nitrogens with one attached hydrogen (secondary N) is 2. The summed E-state index contributed by atoms with van der Waals surface area (Å²) >= 11 is 1.48. The van der Waals surface area contributed by atoms with Gasteiger partial charge in [-0.1, -0.05) is 30.5 Å². The molecule has 2 aromatic rings. The van der Waals surface area contributed by atoms with Crippen LogP contribution in [0, 0.1) is 5.82 Å². The van der Waals surface area contributed by atoms with Gasteiger partial charge in [-0.25, -0.2) is 4.39 Å². The molecule has 2 atom stereocenters. The van der Waals surface area contributed by atoms with E-state index in [-0.39, 0.29) is 23.1 Å². The van der Waals surface area contributed by atoms with Crippen LogP contribution in [0.1, 0.15) is 12.8 Å². The SMILES string of the molecule is C=CC(=O)N1CCC[C@@H]1C(=O)NC1Nc2ccc3cc(F)ccc3c2S1. The normalized spacial score (nSPS) is 21.3. The summed E-state index contributed by atoms with van der Waals surface area (Å²) in [7, 11) is 0. The number of hydrogen-bond donors (Lipinski definition) is 2. The third-order valence-electron chi connectivity index (χ3n) is 4.74. The van der Waals surface area contributed by atoms with Crippen LogP contribution < -0.4 is 10.6 Å². The average Bonchev–Trinajstić information content (AvgIpc) is 3.27. The van der Waals surface area contributed by atoms with E-state index >= 15 is 0 Å². The highest BCUT2D eigenvalue weighted by atomic mass is 32.2. The van der Waals surface area contributed by atoms with Crippen LogP contribution in [0.2, 0.25) is 0 Å². The Morgan fingerprint density at radius 3 is 3.00 bits per heavy atom. The van der Waals surface area contributed by atoms with Gasteiger partial charge >= 0.3 is 0 Å². The fourth-order valence-corrected chi connectivity index (χ4v) is 4.68. The van der Waals surface area contributed by atoms with E-state index in [1.165, 1.54) is 30.0 Å². The molecule has 2 heterocycles. The molecule has 0 spiro atoms. The molecule has 0 saturated carbocycles. The van der Waals surface area contributed by atoms with Gasteiger partial charge in [-0.05, 0) is 47.9 Å². The minimum absolute atomic E-state index is 0.175. The van der Waals surface area contributed by atoms with Gasteiger partial charge in [-0.15, -0.1) is 0 Å². The summed E-state index contributed by atoms with van der Waals surface area (Å²) in [5.41, 5.74) is 0.583. The first-order valence-corrected chi connectivity index (χ1v) is 9.33. The smallest absolute Gasteiger partial charge is 0.246 e. The summed E-state index contributed by atoms with van der Waals surface area (Å²) in [6.07, 6.45) is 2.70. The van der Waals surface area contributed by atoms with E-state index in [4.69, 9.17) is 0 Å². The lowest BCUT2D eigenvalue weighted by Crippen LogP contribution is -2.48. The first-order valence-electron chi connectivity index (χ1n) is 8.46. The number of carbonyl (C=O) groups excluding carboxylic acids is 2. The molecule has 134 valence electrons. The predicted molar refractivity (Wildman–Crippen MR) is 100 cm³/mol. The topological polar surface area (TPSA) is 61.4 Å². The van der Waals surface area contributed by atoms with Gasteiger partial charge in [0.25, 0.3) is 0 Å². The Morgan fingerprint density at radius 1 is 1.35 bits per heavy atom. The van der Waals surface area contributed by atoms with Gasteiger partial charge in [0.1, 0.15) is 11.9 Å². The van der Waals surface area contributed by atoms with Crippen LogP contribution in [0.3, 0.4) is 0 Å². The largest absolute Gasteiger partial charge is 0.356 e. The van der Waals surface area contributed by atoms with Crippen molar-refractivity contribution in [1.82, 2.24) is 10.2 Å². The maximum atomic E-state index is 13.4. The molecule has 2 N–H and O–H groups in total. The molecule has 1 saturated heterocycles. The first-order chi connectivity index (χ1) is 12.6. The quantitative estimate of drug-likeness (QED) is 0.814. The number of anilines is 1. The molecule has 2 aromatic carbocycles. The zero-order valence-electron chi connectivity index (χ0n) is 14.0. The van der Waals surface area contributed by atoms with Crippen LogP contribution in [-0.2, 0) is 9.59 Å². The highest BCUT2D eigenvalue weighted by Gasteiger charge is 2.35. The fourth-order valence-electron chi connectivity index (χ4n) is 3.51. The van der Waals surface area contributed by atoms with Crippen molar-refractivity contribution in [1.29, 1.82) is 0 Å². The van der Waals surface area contributed by atoms with E-state index in [2.05, 4.69) is 17.2 Å². The van der Waals surface area contributed by atoms with E-state index in [9.17, 15) is 14.0 Å². The van der Waals surface area contributed by atoms with Gasteiger partial charge in [0, 0.05) is 11.4 Å². The van der Waals surface area contributed by atoms with Crippen LogP contribution >= 0.6 is 11.8 Å². The van der Waals surface area contributed by atoms with Crippen molar-refractivity contribution in [3.8, 4) is 0 Å². The van der Waals surface area contributed by atoms with Crippen LogP contribution in [0.25, 0.3) is 10.8 Å². The second-order valence-corrected chi connectivity index (χ2v) is 7.47. The van der Waals surface area contributed by atoms with Gasteiger partial charge in [0.2, 0.25) is 11.8 Å². The molecule has 0 radical (unpaired) electrons. The molecule has 2 amide bonds. The van der Waals surface area contributed by atoms with Crippen LogP contribution in [0.5, 0.6) is 0 Å². The zero-order valence-corrected chi connectivity index (χ0v) is 14.8. The maximum absolute atomic E-state index is 13.4. The molecule has 1 fully saturated rings. The molecule has 0 aliphatic carbocycles. The predicted octanol–water partition coefficient (Wildman–Crippen LogP) is 3.07. The summed E-state index contributed by atoms with van der Waals surface area (Å²) in [6.45, 7) is 4.07. The molecule has 7 heteroatoms. The van der Waals surface area contributed by atoms with Crippen molar-refractivity contribution >= 4 is 40.0 Å². The number of benzene rings is 2. The summed E-state index contributed by atoms with van der Waals surface area (Å²) in [5, 5.41) is 8.00. The lowest BCUT2D eigenvalue weighted by Gasteiger charge is -2.24. The number of likely N-dealkylation sites (tertiary alicyclic amines) is 1. The van der Waals surface area contributed by atoms with Crippen molar-refractivity contribution in [2.75, 3.05) is 11.9 Å². The van der Waals surface area contributed by atoms with Gasteiger partial charge in [-0.2, -0.15) is 0 Å². The van der Waals surface area contributed by atoms with E-state index in [1.54, 1.807) is 11.0 Å². The standard InChI is InChI=1S/C19H18FN3O2S/c1-2-16(24)23-9-3-4-15(23)18(25)22-19-21-14-8-5-11-10-12(20)6-7-13(11)17(14)26-19/h2,5-8,10,15,19,21H,1,3-4,9H2,(H,22,25)/t15-,19?/m1/s1. The lowest BCUT2D eigenvalue weighted by atomic mass is 10.1. The summed E-state index contributed by atoms with van der Waals surface area (Å²) in [6, 6.07) is 7.98. The molecule has 26 heavy (non-hydrogen) atoms. The third-order valence-corrected chi connectivity index (χ3v) is 5.89. The highest BCUT2D eigenvalue weighted by Crippen LogP contribution is 2.42. The second-order valence-electron chi connectivity index (χ2n) is 6.35. The summed E-state index contributed by atoms with van der Waals surface area (Å²) < 4.78 is 13.4. The van der Waals surface area contributed by atoms with E-state index in [1.807, 2.05) is 12.1 Å². The van der Waals surface area contributed by atoms with Gasteiger partial charge in [0.05, 0.1) is 5.69 Å². The van der Waals surface area contributed by atoms with Gasteiger partial charge < -0.3 is 15.5 Å². The number of nitrogens with zero attached hydrogens (tertiary/aromatic N) is 1. The number of rotatable bonds is 3. The molecular formula is C19H18FN3O2S. The van der Waals surface area contributed by atoms with Crippen LogP contribution in [0.15, 0.2) is 47.9 Å². The number of fused-ring (bicyclic) bond motifs is 3. The Balaban J connectivity index is 1.50. The van der Waals surface area contributed by atoms with Gasteiger partial charge in [0.15, 0.2) is 5.50 Å². The molecule has 0 aromatic heterocycles. The number of hydrogen-bond acceptors (Lipinski definition) is 4. The van der Waals surface area contributed by atoms with E-state index < -0.39 is 6.04 Å². The fraction of sp³-hybridized carbons (Fsp3) is 0.263. The molecule has 2 aliphatic rings. The van der Waals surface area contributed by atoms with Crippen molar-refractivity contribution in [3.63, 3.8) is 0 Å². The van der Waals surface area contributed by atoms with Crippen molar-refractivity contribution in [2.45, 2.75) is 29.3 Å². The Bertz CT molecular complexity index is 917. The molecule has 5 nitrogen and oxygen atoms in total. The molecule has 1 unspecified atom stereocenters. The number of thioether (sulfide) groups is 1. The van der Waals surface area contributed by atoms with Crippen LogP contribution in [0.4, 0.5) is 10.1 Å². The second kappa shape index (κ2) is 6.64. The van der Waals surface area contributed by atoms with E-state index in [0.717, 1.165) is 27.8 Å². The Morgan fingerprint density at radius 2 is 2.19 bits per heavy atom. The maximum Gasteiger partial charge on any atom is 0.246 e. The molecule has 0 bridgehead atoms. The van der Waals surface area contributed by atoms with Gasteiger partial charge in [-0.3, -0.25) is 9.59 Å². The minimum Gasteiger partial charge on any atom is -0.356 e. The molecular weight excluding hydrogens is 353 g/mol. The highest BCUT2D eigenvalue weighted by molar-refractivity contribution is 8.00. The molecule has 2 aliphatic heterocycles. The summed E-state index contributed by atoms with van der Waals surface area (Å²) in [5.74, 6) is -0.664. The Kier molecular flexibility index (Phi) is 4.32. The number of halogens is 1. The number of amides is 2. The minimum atomic E-state index is -0.461. The Hall–Kier alpha value is -2.54. The first kappa shape index (κ1) is 16.9. The van der Waals surface area contributed by atoms with Crippen molar-refractivity contribution in [2.24, 2.45) is 0 Å². The average molecular weight is 371 g/mol. The van der Waals surface area contributed by atoms with Crippen molar-refractivity contribution < 1.29 is 14.0 Å². The summed E-state index contributed by atoms with van der Waals surface area (Å²) in [4.78, 5) is 27.1. The lowest BCUT2D eigenvalue weighted by molar-refractivity contribution is -0.135. The van der Waals surface area contributed by atoms with Crippen LogP contribution in [-0.4, -0.2) is 34.8 Å².